The number of carboxylic acid groups (broad SMARTS) is 1. The lowest BCUT2D eigenvalue weighted by Crippen LogP contribution is -2.54. The molecule has 28 heavy (non-hydrogen) atoms. The van der Waals surface area contributed by atoms with Crippen LogP contribution in [0.25, 0.3) is 0 Å². The van der Waals surface area contributed by atoms with Gasteiger partial charge in [0.1, 0.15) is 0 Å². The summed E-state index contributed by atoms with van der Waals surface area (Å²) in [6, 6.07) is 0.483. The number of aliphatic carboxylic acids is 1. The average molecular weight is 412 g/mol. The summed E-state index contributed by atoms with van der Waals surface area (Å²) in [5.41, 5.74) is -1.23. The van der Waals surface area contributed by atoms with E-state index in [9.17, 15) is 22.4 Å². The van der Waals surface area contributed by atoms with Crippen molar-refractivity contribution in [1.82, 2.24) is 9.80 Å². The molecule has 1 unspecified atom stereocenters. The minimum Gasteiger partial charge on any atom is -0.475 e. The van der Waals surface area contributed by atoms with E-state index in [1.807, 2.05) is 0 Å². The standard InChI is InChI=1S/C16H27FN2O2.C2HF3O2/c1-18-12-15(10-13(18)11-21-2)6-8-19(9-7-15)14(20)16(17)4-3-5-16;3-2(4,5)1(6)7/h13H,3-12H2,1-2H3;(H,6,7). The predicted molar refractivity (Wildman–Crippen MR) is 92.5 cm³/mol. The number of hydrogen-bond donors (Lipinski definition) is 1. The third kappa shape index (κ3) is 5.14. The molecule has 1 aliphatic carbocycles. The topological polar surface area (TPSA) is 70.1 Å². The van der Waals surface area contributed by atoms with Gasteiger partial charge < -0.3 is 19.6 Å². The van der Waals surface area contributed by atoms with Gasteiger partial charge in [0.2, 0.25) is 0 Å². The van der Waals surface area contributed by atoms with Crippen LogP contribution < -0.4 is 0 Å². The van der Waals surface area contributed by atoms with Crippen LogP contribution in [0, 0.1) is 5.41 Å². The van der Waals surface area contributed by atoms with Crippen LogP contribution in [0.1, 0.15) is 38.5 Å². The molecule has 162 valence electrons. The number of nitrogens with zero attached hydrogens (tertiary/aromatic N) is 2. The molecule has 3 rings (SSSR count). The summed E-state index contributed by atoms with van der Waals surface area (Å²) in [7, 11) is 3.90. The van der Waals surface area contributed by atoms with Gasteiger partial charge in [-0.25, -0.2) is 9.18 Å². The highest BCUT2D eigenvalue weighted by Crippen LogP contribution is 2.44. The smallest absolute Gasteiger partial charge is 0.475 e. The maximum absolute atomic E-state index is 14.3. The second-order valence-electron chi connectivity index (χ2n) is 8.14. The molecule has 0 aromatic heterocycles. The van der Waals surface area contributed by atoms with Gasteiger partial charge in [0.15, 0.2) is 5.67 Å². The molecule has 1 spiro atoms. The van der Waals surface area contributed by atoms with Crippen LogP contribution in [0.5, 0.6) is 0 Å². The normalized spacial score (nSPS) is 26.4. The number of likely N-dealkylation sites (tertiary alicyclic amines) is 2. The van der Waals surface area contributed by atoms with Crippen molar-refractivity contribution >= 4 is 11.9 Å². The summed E-state index contributed by atoms with van der Waals surface area (Å²) >= 11 is 0. The Hall–Kier alpha value is -1.42. The average Bonchev–Trinajstić information content (AvgIpc) is 2.88. The van der Waals surface area contributed by atoms with Crippen molar-refractivity contribution < 1.29 is 37.0 Å². The van der Waals surface area contributed by atoms with Crippen molar-refractivity contribution in [2.45, 2.75) is 56.4 Å². The zero-order chi connectivity index (χ0) is 21.2. The minimum atomic E-state index is -5.08. The Kier molecular flexibility index (Phi) is 6.96. The Morgan fingerprint density at radius 2 is 1.71 bits per heavy atom. The van der Waals surface area contributed by atoms with Crippen molar-refractivity contribution in [1.29, 1.82) is 0 Å². The monoisotopic (exact) mass is 412 g/mol. The zero-order valence-electron chi connectivity index (χ0n) is 16.2. The minimum absolute atomic E-state index is 0.247. The number of carbonyl (C=O) groups is 2. The molecule has 2 aliphatic heterocycles. The lowest BCUT2D eigenvalue weighted by Gasteiger charge is -2.43. The largest absolute Gasteiger partial charge is 0.490 e. The van der Waals surface area contributed by atoms with Gasteiger partial charge in [-0.15, -0.1) is 0 Å². The van der Waals surface area contributed by atoms with Crippen LogP contribution in [0.15, 0.2) is 0 Å². The van der Waals surface area contributed by atoms with Gasteiger partial charge >= 0.3 is 12.1 Å². The van der Waals surface area contributed by atoms with Crippen molar-refractivity contribution in [2.75, 3.05) is 40.4 Å². The van der Waals surface area contributed by atoms with E-state index in [-0.39, 0.29) is 5.91 Å². The number of carbonyl (C=O) groups excluding carboxylic acids is 1. The number of methoxy groups -OCH3 is 1. The second kappa shape index (κ2) is 8.52. The van der Waals surface area contributed by atoms with E-state index in [1.165, 1.54) is 0 Å². The highest BCUT2D eigenvalue weighted by Gasteiger charge is 2.50. The van der Waals surface area contributed by atoms with Crippen LogP contribution in [-0.4, -0.2) is 85.1 Å². The molecule has 3 aliphatic rings. The Morgan fingerprint density at radius 3 is 2.11 bits per heavy atom. The molecule has 0 aromatic rings. The van der Waals surface area contributed by atoms with Gasteiger partial charge in [-0.2, -0.15) is 13.2 Å². The van der Waals surface area contributed by atoms with Crippen molar-refractivity contribution in [3.63, 3.8) is 0 Å². The number of rotatable bonds is 3. The van der Waals surface area contributed by atoms with E-state index >= 15 is 0 Å². The first-order valence-corrected chi connectivity index (χ1v) is 9.40. The van der Waals surface area contributed by atoms with Crippen LogP contribution in [0.3, 0.4) is 0 Å². The Bertz CT molecular complexity index is 572. The summed E-state index contributed by atoms with van der Waals surface area (Å²) in [5, 5.41) is 7.12. The summed E-state index contributed by atoms with van der Waals surface area (Å²) in [6.07, 6.45) is -0.249. The number of likely N-dealkylation sites (N-methyl/N-ethyl adjacent to an activating group) is 1. The third-order valence-corrected chi connectivity index (χ3v) is 6.12. The molecular formula is C18H28F4N2O4. The van der Waals surface area contributed by atoms with Crippen LogP contribution in [0.2, 0.25) is 0 Å². The number of carboxylic acids is 1. The molecule has 2 saturated heterocycles. The number of amides is 1. The first kappa shape index (κ1) is 22.9. The summed E-state index contributed by atoms with van der Waals surface area (Å²) in [4.78, 5) is 25.3. The number of hydrogen-bond acceptors (Lipinski definition) is 4. The number of halogens is 4. The highest BCUT2D eigenvalue weighted by atomic mass is 19.4. The van der Waals surface area contributed by atoms with E-state index in [4.69, 9.17) is 14.6 Å². The van der Waals surface area contributed by atoms with E-state index in [0.717, 1.165) is 51.9 Å². The predicted octanol–water partition coefficient (Wildman–Crippen LogP) is 2.47. The molecule has 3 fully saturated rings. The van der Waals surface area contributed by atoms with Crippen LogP contribution in [0.4, 0.5) is 17.6 Å². The van der Waals surface area contributed by atoms with Crippen molar-refractivity contribution in [3.8, 4) is 0 Å². The van der Waals surface area contributed by atoms with Gasteiger partial charge in [-0.05, 0) is 51.0 Å². The molecule has 10 heteroatoms. The Labute approximate surface area is 161 Å². The van der Waals surface area contributed by atoms with Crippen LogP contribution >= 0.6 is 0 Å². The van der Waals surface area contributed by atoms with E-state index in [1.54, 1.807) is 12.0 Å². The van der Waals surface area contributed by atoms with Gasteiger partial charge in [0.25, 0.3) is 5.91 Å². The van der Waals surface area contributed by atoms with Crippen LogP contribution in [-0.2, 0) is 14.3 Å². The molecule has 6 nitrogen and oxygen atoms in total. The van der Waals surface area contributed by atoms with E-state index in [0.29, 0.717) is 24.3 Å². The third-order valence-electron chi connectivity index (χ3n) is 6.12. The SMILES string of the molecule is COCC1CC2(CCN(C(=O)C3(F)CCC3)CC2)CN1C.O=C(O)C(F)(F)F. The molecule has 0 bridgehead atoms. The summed E-state index contributed by atoms with van der Waals surface area (Å²) < 4.78 is 51.3. The molecule has 1 amide bonds. The fourth-order valence-electron chi connectivity index (χ4n) is 4.29. The first-order chi connectivity index (χ1) is 12.9. The zero-order valence-corrected chi connectivity index (χ0v) is 16.2. The van der Waals surface area contributed by atoms with Gasteiger partial charge in [-0.1, -0.05) is 0 Å². The number of alkyl halides is 4. The Balaban J connectivity index is 0.000000345. The molecule has 2 heterocycles. The molecule has 1 atom stereocenters. The molecule has 1 saturated carbocycles. The second-order valence-corrected chi connectivity index (χ2v) is 8.14. The van der Waals surface area contributed by atoms with Gasteiger partial charge in [-0.3, -0.25) is 4.79 Å². The maximum atomic E-state index is 14.3. The summed E-state index contributed by atoms with van der Waals surface area (Å²) in [5.74, 6) is -3.00. The van der Waals surface area contributed by atoms with Crippen molar-refractivity contribution in [2.24, 2.45) is 5.41 Å². The molecular weight excluding hydrogens is 384 g/mol. The van der Waals surface area contributed by atoms with E-state index in [2.05, 4.69) is 11.9 Å². The molecule has 0 radical (unpaired) electrons. The van der Waals surface area contributed by atoms with Gasteiger partial charge in [0, 0.05) is 32.8 Å². The fourth-order valence-corrected chi connectivity index (χ4v) is 4.29. The number of piperidine rings is 1. The highest BCUT2D eigenvalue weighted by molar-refractivity contribution is 5.86. The lowest BCUT2D eigenvalue weighted by atomic mass is 9.75. The van der Waals surface area contributed by atoms with E-state index < -0.39 is 17.8 Å². The maximum Gasteiger partial charge on any atom is 0.490 e. The first-order valence-electron chi connectivity index (χ1n) is 9.40. The summed E-state index contributed by atoms with van der Waals surface area (Å²) in [6.45, 7) is 3.29. The quantitative estimate of drug-likeness (QED) is 0.722. The van der Waals surface area contributed by atoms with Crippen molar-refractivity contribution in [3.05, 3.63) is 0 Å². The fraction of sp³-hybridized carbons (Fsp3) is 0.889. The number of ether oxygens (including phenoxy) is 1. The van der Waals surface area contributed by atoms with Gasteiger partial charge in [0.05, 0.1) is 6.61 Å². The lowest BCUT2D eigenvalue weighted by molar-refractivity contribution is -0.192. The molecule has 1 N–H and O–H groups in total. The Morgan fingerprint density at radius 1 is 1.18 bits per heavy atom. The molecule has 0 aromatic carbocycles.